The Balaban J connectivity index is 1.70. The van der Waals surface area contributed by atoms with E-state index in [-0.39, 0.29) is 6.10 Å². The Morgan fingerprint density at radius 2 is 1.86 bits per heavy atom. The van der Waals surface area contributed by atoms with Crippen molar-refractivity contribution < 1.29 is 9.47 Å². The molecule has 0 N–H and O–H groups in total. The first-order valence-corrected chi connectivity index (χ1v) is 9.32. The van der Waals surface area contributed by atoms with E-state index < -0.39 is 0 Å². The Morgan fingerprint density at radius 1 is 1.14 bits per heavy atom. The summed E-state index contributed by atoms with van der Waals surface area (Å²) in [4.78, 5) is 2.47. The average molecular weight is 368 g/mol. The van der Waals surface area contributed by atoms with Crippen molar-refractivity contribution in [2.45, 2.75) is 44.3 Å². The van der Waals surface area contributed by atoms with E-state index in [9.17, 15) is 0 Å². The van der Waals surface area contributed by atoms with Crippen LogP contribution in [-0.4, -0.2) is 43.9 Å². The minimum absolute atomic E-state index is 0.150. The van der Waals surface area contributed by atoms with Gasteiger partial charge in [0.25, 0.3) is 0 Å². The van der Waals surface area contributed by atoms with Gasteiger partial charge in [0.1, 0.15) is 0 Å². The van der Waals surface area contributed by atoms with E-state index in [1.54, 1.807) is 0 Å². The van der Waals surface area contributed by atoms with E-state index in [1.807, 2.05) is 0 Å². The molecule has 1 aliphatic heterocycles. The number of nitrogens with zero attached hydrogens (tertiary/aromatic N) is 1. The summed E-state index contributed by atoms with van der Waals surface area (Å²) in [5.74, 6) is 0. The Bertz CT molecular complexity index is 436. The molecular weight excluding hydrogens is 342 g/mol. The summed E-state index contributed by atoms with van der Waals surface area (Å²) >= 11 is 3.70. The molecule has 1 saturated carbocycles. The first kappa shape index (κ1) is 16.4. The Morgan fingerprint density at radius 3 is 2.59 bits per heavy atom. The van der Waals surface area contributed by atoms with Gasteiger partial charge in [-0.1, -0.05) is 53.4 Å². The predicted molar refractivity (Wildman–Crippen MR) is 92.1 cm³/mol. The third-order valence-corrected chi connectivity index (χ3v) is 5.41. The normalized spacial score (nSPS) is 22.6. The molecule has 1 heterocycles. The quantitative estimate of drug-likeness (QED) is 0.779. The molecule has 3 rings (SSSR count). The Hall–Kier alpha value is -0.420. The molecule has 2 aliphatic rings. The molecule has 22 heavy (non-hydrogen) atoms. The maximum atomic E-state index is 6.55. The van der Waals surface area contributed by atoms with Gasteiger partial charge in [-0.05, 0) is 24.5 Å². The van der Waals surface area contributed by atoms with Gasteiger partial charge in [-0.15, -0.1) is 0 Å². The number of hydrogen-bond donors (Lipinski definition) is 0. The third-order valence-electron chi connectivity index (χ3n) is 4.69. The Labute approximate surface area is 142 Å². The topological polar surface area (TPSA) is 21.7 Å². The fraction of sp³-hybridized carbons (Fsp3) is 0.667. The highest BCUT2D eigenvalue weighted by atomic mass is 79.9. The predicted octanol–water partition coefficient (Wildman–Crippen LogP) is 4.17. The fourth-order valence-corrected chi connectivity index (χ4v) is 3.94. The zero-order valence-corrected chi connectivity index (χ0v) is 14.8. The number of benzene rings is 1. The molecular formula is C18H26BrNO2. The summed E-state index contributed by atoms with van der Waals surface area (Å²) < 4.78 is 13.2. The molecule has 3 nitrogen and oxygen atoms in total. The third kappa shape index (κ3) is 4.54. The van der Waals surface area contributed by atoms with E-state index in [0.29, 0.717) is 6.10 Å². The molecule has 4 heteroatoms. The molecule has 0 bridgehead atoms. The van der Waals surface area contributed by atoms with Gasteiger partial charge in [0.15, 0.2) is 0 Å². The van der Waals surface area contributed by atoms with Crippen LogP contribution in [-0.2, 0) is 9.47 Å². The second-order valence-corrected chi connectivity index (χ2v) is 7.17. The lowest BCUT2D eigenvalue weighted by atomic mass is 9.97. The van der Waals surface area contributed by atoms with E-state index in [4.69, 9.17) is 9.47 Å². The van der Waals surface area contributed by atoms with Crippen molar-refractivity contribution >= 4 is 15.9 Å². The number of halogens is 1. The molecule has 122 valence electrons. The monoisotopic (exact) mass is 367 g/mol. The number of hydrogen-bond acceptors (Lipinski definition) is 3. The summed E-state index contributed by atoms with van der Waals surface area (Å²) in [6, 6.07) is 8.49. The van der Waals surface area contributed by atoms with Gasteiger partial charge >= 0.3 is 0 Å². The molecule has 2 fully saturated rings. The minimum atomic E-state index is 0.150. The Kier molecular flexibility index (Phi) is 6.30. The SMILES string of the molecule is Brc1ccccc1C(CN1CCOCC1)OC1CCCCC1. The largest absolute Gasteiger partial charge is 0.379 e. The summed E-state index contributed by atoms with van der Waals surface area (Å²) in [7, 11) is 0. The van der Waals surface area contributed by atoms with Gasteiger partial charge in [0.05, 0.1) is 25.4 Å². The van der Waals surface area contributed by atoms with Crippen molar-refractivity contribution in [3.8, 4) is 0 Å². The lowest BCUT2D eigenvalue weighted by Crippen LogP contribution is -2.40. The van der Waals surface area contributed by atoms with Crippen molar-refractivity contribution in [1.29, 1.82) is 0 Å². The highest BCUT2D eigenvalue weighted by Gasteiger charge is 2.24. The maximum absolute atomic E-state index is 6.55. The van der Waals surface area contributed by atoms with Crippen LogP contribution < -0.4 is 0 Å². The number of rotatable bonds is 5. The van der Waals surface area contributed by atoms with E-state index in [1.165, 1.54) is 37.7 Å². The van der Waals surface area contributed by atoms with E-state index in [2.05, 4.69) is 45.1 Å². The van der Waals surface area contributed by atoms with E-state index in [0.717, 1.165) is 37.3 Å². The lowest BCUT2D eigenvalue weighted by Gasteiger charge is -2.34. The van der Waals surface area contributed by atoms with Crippen LogP contribution in [0.2, 0.25) is 0 Å². The van der Waals surface area contributed by atoms with Crippen molar-refractivity contribution in [3.63, 3.8) is 0 Å². The highest BCUT2D eigenvalue weighted by Crippen LogP contribution is 2.31. The van der Waals surface area contributed by atoms with Crippen LogP contribution in [0.5, 0.6) is 0 Å². The van der Waals surface area contributed by atoms with Gasteiger partial charge in [-0.25, -0.2) is 0 Å². The van der Waals surface area contributed by atoms with Gasteiger partial charge in [-0.3, -0.25) is 4.90 Å². The van der Waals surface area contributed by atoms with Crippen LogP contribution in [0.4, 0.5) is 0 Å². The summed E-state index contributed by atoms with van der Waals surface area (Å²) in [5.41, 5.74) is 1.28. The van der Waals surface area contributed by atoms with Gasteiger partial charge in [-0.2, -0.15) is 0 Å². The molecule has 1 aromatic rings. The number of morpholine rings is 1. The molecule has 0 aromatic heterocycles. The smallest absolute Gasteiger partial charge is 0.0966 e. The molecule has 1 atom stereocenters. The van der Waals surface area contributed by atoms with Crippen LogP contribution in [0.1, 0.15) is 43.8 Å². The molecule has 1 aromatic carbocycles. The zero-order chi connectivity index (χ0) is 15.2. The molecule has 1 aliphatic carbocycles. The number of ether oxygens (including phenoxy) is 2. The first-order valence-electron chi connectivity index (χ1n) is 8.53. The highest BCUT2D eigenvalue weighted by molar-refractivity contribution is 9.10. The van der Waals surface area contributed by atoms with Crippen LogP contribution >= 0.6 is 15.9 Å². The summed E-state index contributed by atoms with van der Waals surface area (Å²) in [6.07, 6.45) is 6.98. The van der Waals surface area contributed by atoms with Gasteiger partial charge in [0.2, 0.25) is 0 Å². The second kappa shape index (κ2) is 8.44. The molecule has 0 amide bonds. The standard InChI is InChI=1S/C18H26BrNO2/c19-17-9-5-4-8-16(17)18(14-20-10-12-21-13-11-20)22-15-6-2-1-3-7-15/h4-5,8-9,15,18H,1-3,6-7,10-14H2. The van der Waals surface area contributed by atoms with Crippen LogP contribution in [0.25, 0.3) is 0 Å². The van der Waals surface area contributed by atoms with Crippen LogP contribution in [0, 0.1) is 0 Å². The minimum Gasteiger partial charge on any atom is -0.379 e. The van der Waals surface area contributed by atoms with Gasteiger partial charge < -0.3 is 9.47 Å². The van der Waals surface area contributed by atoms with Gasteiger partial charge in [0, 0.05) is 24.1 Å². The van der Waals surface area contributed by atoms with Crippen LogP contribution in [0.3, 0.4) is 0 Å². The maximum Gasteiger partial charge on any atom is 0.0966 e. The van der Waals surface area contributed by atoms with Crippen molar-refractivity contribution in [1.82, 2.24) is 4.90 Å². The van der Waals surface area contributed by atoms with E-state index >= 15 is 0 Å². The molecule has 1 saturated heterocycles. The molecule has 0 spiro atoms. The second-order valence-electron chi connectivity index (χ2n) is 6.32. The van der Waals surface area contributed by atoms with Crippen molar-refractivity contribution in [2.75, 3.05) is 32.8 Å². The first-order chi connectivity index (χ1) is 10.8. The lowest BCUT2D eigenvalue weighted by molar-refractivity contribution is -0.0591. The zero-order valence-electron chi connectivity index (χ0n) is 13.2. The average Bonchev–Trinajstić information content (AvgIpc) is 2.57. The van der Waals surface area contributed by atoms with Crippen molar-refractivity contribution in [3.05, 3.63) is 34.3 Å². The van der Waals surface area contributed by atoms with Crippen LogP contribution in [0.15, 0.2) is 28.7 Å². The fourth-order valence-electron chi connectivity index (χ4n) is 3.40. The summed E-state index contributed by atoms with van der Waals surface area (Å²) in [6.45, 7) is 4.66. The van der Waals surface area contributed by atoms with Crippen molar-refractivity contribution in [2.24, 2.45) is 0 Å². The molecule has 0 radical (unpaired) electrons. The summed E-state index contributed by atoms with van der Waals surface area (Å²) in [5, 5.41) is 0. The molecule has 1 unspecified atom stereocenters.